The van der Waals surface area contributed by atoms with Gasteiger partial charge in [-0.25, -0.2) is 9.78 Å². The number of fused-ring (bicyclic) bond motifs is 1. The van der Waals surface area contributed by atoms with Crippen molar-refractivity contribution in [3.05, 3.63) is 43.8 Å². The monoisotopic (exact) mass is 525 g/mol. The van der Waals surface area contributed by atoms with Crippen LogP contribution < -0.4 is 11.1 Å². The largest absolute Gasteiger partial charge is 0.456 e. The Hall–Kier alpha value is -2.21. The lowest BCUT2D eigenvalue weighted by atomic mass is 10.2. The van der Waals surface area contributed by atoms with E-state index in [1.165, 1.54) is 4.88 Å². The lowest BCUT2D eigenvalue weighted by molar-refractivity contribution is 0.0600. The molecule has 3 heterocycles. The number of aromatic nitrogens is 1. The number of nitrogens with two attached hydrogens (primary N) is 1. The summed E-state index contributed by atoms with van der Waals surface area (Å²) in [6, 6.07) is 5.92. The number of furan rings is 1. The summed E-state index contributed by atoms with van der Waals surface area (Å²) >= 11 is 11.4. The number of hydrogen-bond acceptors (Lipinski definition) is 6. The van der Waals surface area contributed by atoms with E-state index < -0.39 is 11.7 Å². The van der Waals surface area contributed by atoms with E-state index in [2.05, 4.69) is 54.3 Å². The third kappa shape index (κ3) is 8.09. The molecule has 0 aromatic carbocycles. The lowest BCUT2D eigenvalue weighted by Gasteiger charge is -2.16. The standard InChI is InChI=1S/C17H14BrClN2OS.C5H11NO2/c1-2-3-4-7-13-15(18)16-17(22-13)12(9-14(19)21-16)20-10-11-6-5-8-23-11;1-5(2,3)8-4(6)7/h5-6,8-9H,4,7,10H2,1H3,(H,20,21);1-3H3,(H2,6,7). The topological polar surface area (TPSA) is 90.4 Å². The summed E-state index contributed by atoms with van der Waals surface area (Å²) in [6.45, 7) is 7.84. The molecule has 166 valence electrons. The Morgan fingerprint density at radius 1 is 1.45 bits per heavy atom. The van der Waals surface area contributed by atoms with Gasteiger partial charge in [-0.05, 0) is 55.1 Å². The first-order valence-electron chi connectivity index (χ1n) is 9.52. The minimum Gasteiger partial charge on any atom is -0.456 e. The number of halogens is 2. The number of pyridine rings is 1. The van der Waals surface area contributed by atoms with E-state index in [1.807, 2.05) is 13.0 Å². The van der Waals surface area contributed by atoms with Gasteiger partial charge in [0.15, 0.2) is 5.58 Å². The molecule has 0 atom stereocenters. The smallest absolute Gasteiger partial charge is 0.405 e. The normalized spacial score (nSPS) is 10.6. The highest BCUT2D eigenvalue weighted by molar-refractivity contribution is 9.10. The Kier molecular flexibility index (Phi) is 9.23. The Bertz CT molecular complexity index is 1080. The van der Waals surface area contributed by atoms with Crippen molar-refractivity contribution in [3.8, 4) is 11.8 Å². The number of carbonyl (C=O) groups is 1. The Morgan fingerprint density at radius 3 is 2.74 bits per heavy atom. The second-order valence-corrected chi connectivity index (χ2v) is 9.62. The van der Waals surface area contributed by atoms with E-state index in [0.29, 0.717) is 5.15 Å². The third-order valence-corrected chi connectivity index (χ3v) is 5.60. The van der Waals surface area contributed by atoms with Crippen LogP contribution in [0.2, 0.25) is 5.15 Å². The predicted octanol–water partition coefficient (Wildman–Crippen LogP) is 6.75. The van der Waals surface area contributed by atoms with Gasteiger partial charge in [-0.1, -0.05) is 17.7 Å². The van der Waals surface area contributed by atoms with Gasteiger partial charge in [0.25, 0.3) is 0 Å². The lowest BCUT2D eigenvalue weighted by Crippen LogP contribution is -2.27. The molecule has 3 N–H and O–H groups in total. The zero-order valence-electron chi connectivity index (χ0n) is 17.8. The number of carbonyl (C=O) groups excluding carboxylic acids is 1. The fourth-order valence-electron chi connectivity index (χ4n) is 2.54. The fraction of sp³-hybridized carbons (Fsp3) is 0.364. The summed E-state index contributed by atoms with van der Waals surface area (Å²) in [7, 11) is 0. The van der Waals surface area contributed by atoms with Gasteiger partial charge >= 0.3 is 6.09 Å². The van der Waals surface area contributed by atoms with Crippen LogP contribution in [0.1, 0.15) is 44.8 Å². The van der Waals surface area contributed by atoms with Crippen LogP contribution in [-0.4, -0.2) is 16.7 Å². The van der Waals surface area contributed by atoms with Gasteiger partial charge < -0.3 is 20.2 Å². The number of ether oxygens (including phenoxy) is 1. The SMILES string of the molecule is CC#CCCc1oc2c(NCc3cccs3)cc(Cl)nc2c1Br.CC(C)(C)OC(N)=O. The number of aryl methyl sites for hydroxylation is 1. The number of thiophene rings is 1. The summed E-state index contributed by atoms with van der Waals surface area (Å²) in [4.78, 5) is 15.6. The number of nitrogens with one attached hydrogen (secondary N) is 1. The highest BCUT2D eigenvalue weighted by atomic mass is 79.9. The highest BCUT2D eigenvalue weighted by Crippen LogP contribution is 2.36. The quantitative estimate of drug-likeness (QED) is 0.283. The highest BCUT2D eigenvalue weighted by Gasteiger charge is 2.17. The number of nitrogens with zero attached hydrogens (tertiary/aromatic N) is 1. The molecule has 0 saturated heterocycles. The zero-order chi connectivity index (χ0) is 23.0. The van der Waals surface area contributed by atoms with Gasteiger partial charge in [0.05, 0.1) is 10.2 Å². The Balaban J connectivity index is 0.000000366. The Labute approximate surface area is 199 Å². The van der Waals surface area contributed by atoms with Crippen LogP contribution in [0.3, 0.4) is 0 Å². The molecule has 0 spiro atoms. The number of rotatable bonds is 5. The van der Waals surface area contributed by atoms with Gasteiger partial charge in [-0.15, -0.1) is 23.2 Å². The summed E-state index contributed by atoms with van der Waals surface area (Å²) in [5, 5.41) is 5.88. The van der Waals surface area contributed by atoms with Crippen molar-refractivity contribution in [2.45, 2.75) is 52.7 Å². The van der Waals surface area contributed by atoms with Gasteiger partial charge in [0.2, 0.25) is 0 Å². The minimum atomic E-state index is -0.725. The zero-order valence-corrected chi connectivity index (χ0v) is 21.0. The molecule has 0 fully saturated rings. The van der Waals surface area contributed by atoms with Crippen molar-refractivity contribution in [2.24, 2.45) is 5.73 Å². The molecule has 3 aromatic rings. The van der Waals surface area contributed by atoms with Crippen LogP contribution in [0.15, 0.2) is 32.5 Å². The second kappa shape index (κ2) is 11.4. The molecule has 0 bridgehead atoms. The number of primary amides is 1. The maximum Gasteiger partial charge on any atom is 0.405 e. The molecule has 0 unspecified atom stereocenters. The molecule has 0 aliphatic carbocycles. The molecule has 1 amide bonds. The molecule has 31 heavy (non-hydrogen) atoms. The minimum absolute atomic E-state index is 0.438. The van der Waals surface area contributed by atoms with E-state index in [4.69, 9.17) is 21.8 Å². The van der Waals surface area contributed by atoms with E-state index in [0.717, 1.165) is 46.4 Å². The number of hydrogen-bond donors (Lipinski definition) is 2. The molecule has 3 rings (SSSR count). The average molecular weight is 527 g/mol. The first kappa shape index (κ1) is 25.1. The second-order valence-electron chi connectivity index (χ2n) is 7.40. The Morgan fingerprint density at radius 2 is 2.19 bits per heavy atom. The third-order valence-electron chi connectivity index (χ3n) is 3.71. The van der Waals surface area contributed by atoms with Crippen LogP contribution in [-0.2, 0) is 17.7 Å². The molecular weight excluding hydrogens is 502 g/mol. The molecular formula is C22H25BrClN3O3S. The maximum atomic E-state index is 10.0. The number of amides is 1. The molecule has 0 saturated carbocycles. The van der Waals surface area contributed by atoms with Crippen LogP contribution >= 0.6 is 38.9 Å². The molecule has 3 aromatic heterocycles. The fourth-order valence-corrected chi connectivity index (χ4v) is 3.93. The first-order chi connectivity index (χ1) is 14.6. The van der Waals surface area contributed by atoms with Crippen LogP contribution in [0.4, 0.5) is 10.5 Å². The molecule has 0 aliphatic rings. The molecule has 0 radical (unpaired) electrons. The van der Waals surface area contributed by atoms with Crippen molar-refractivity contribution in [1.82, 2.24) is 4.98 Å². The van der Waals surface area contributed by atoms with Crippen LogP contribution in [0.25, 0.3) is 11.1 Å². The van der Waals surface area contributed by atoms with Gasteiger partial charge in [0.1, 0.15) is 22.0 Å². The van der Waals surface area contributed by atoms with Crippen molar-refractivity contribution in [3.63, 3.8) is 0 Å². The van der Waals surface area contributed by atoms with Gasteiger partial charge in [-0.3, -0.25) is 0 Å². The average Bonchev–Trinajstić information content (AvgIpc) is 3.28. The number of anilines is 1. The summed E-state index contributed by atoms with van der Waals surface area (Å²) in [5.41, 5.74) is 6.57. The molecule has 6 nitrogen and oxygen atoms in total. The van der Waals surface area contributed by atoms with Crippen LogP contribution in [0.5, 0.6) is 0 Å². The molecule has 9 heteroatoms. The van der Waals surface area contributed by atoms with Crippen molar-refractivity contribution < 1.29 is 13.9 Å². The van der Waals surface area contributed by atoms with Crippen molar-refractivity contribution in [1.29, 1.82) is 0 Å². The molecule has 0 aliphatic heterocycles. The van der Waals surface area contributed by atoms with E-state index in [-0.39, 0.29) is 0 Å². The van der Waals surface area contributed by atoms with Crippen molar-refractivity contribution in [2.75, 3.05) is 5.32 Å². The first-order valence-corrected chi connectivity index (χ1v) is 11.6. The van der Waals surface area contributed by atoms with E-state index >= 15 is 0 Å². The van der Waals surface area contributed by atoms with E-state index in [9.17, 15) is 4.79 Å². The van der Waals surface area contributed by atoms with Crippen LogP contribution in [0, 0.1) is 11.8 Å². The van der Waals surface area contributed by atoms with E-state index in [1.54, 1.807) is 38.2 Å². The summed E-state index contributed by atoms with van der Waals surface area (Å²) in [5.74, 6) is 6.78. The summed E-state index contributed by atoms with van der Waals surface area (Å²) in [6.07, 6.45) is 0.762. The summed E-state index contributed by atoms with van der Waals surface area (Å²) < 4.78 is 11.4. The maximum absolute atomic E-state index is 10.0. The van der Waals surface area contributed by atoms with Gasteiger partial charge in [0, 0.05) is 30.3 Å². The predicted molar refractivity (Wildman–Crippen MR) is 131 cm³/mol. The van der Waals surface area contributed by atoms with Gasteiger partial charge in [-0.2, -0.15) is 0 Å². The van der Waals surface area contributed by atoms with Crippen molar-refractivity contribution >= 4 is 61.7 Å².